The highest BCUT2D eigenvalue weighted by Crippen LogP contribution is 2.51. The van der Waals surface area contributed by atoms with Gasteiger partial charge in [0.2, 0.25) is 0 Å². The summed E-state index contributed by atoms with van der Waals surface area (Å²) < 4.78 is 0.930. The van der Waals surface area contributed by atoms with Gasteiger partial charge in [0, 0.05) is 43.1 Å². The number of nitrogens with two attached hydrogens (primary N) is 1. The van der Waals surface area contributed by atoms with Crippen LogP contribution in [0.15, 0.2) is 62.8 Å². The first-order chi connectivity index (χ1) is 13.7. The maximum Gasteiger partial charge on any atom is 0.162 e. The number of ketones is 1. The lowest BCUT2D eigenvalue weighted by atomic mass is 9.69. The summed E-state index contributed by atoms with van der Waals surface area (Å²) in [7, 11) is 0. The van der Waals surface area contributed by atoms with Gasteiger partial charge in [-0.15, -0.1) is 11.3 Å². The van der Waals surface area contributed by atoms with Crippen LogP contribution in [0.4, 0.5) is 5.69 Å². The van der Waals surface area contributed by atoms with Crippen molar-refractivity contribution in [3.8, 4) is 6.07 Å². The molecule has 1 aliphatic carbocycles. The number of thiophene rings is 1. The number of nitrogens with zero attached hydrogens (tertiary/aromatic N) is 2. The third kappa shape index (κ3) is 3.52. The number of Topliss-reactive ketones (excluding diaryl/α,β-unsaturated/α-hetero) is 1. The largest absolute Gasteiger partial charge is 0.384 e. The summed E-state index contributed by atoms with van der Waals surface area (Å²) in [4.78, 5) is 16.1. The summed E-state index contributed by atoms with van der Waals surface area (Å²) in [6.45, 7) is 4.18. The molecule has 2 aliphatic rings. The van der Waals surface area contributed by atoms with Crippen molar-refractivity contribution in [1.82, 2.24) is 0 Å². The minimum atomic E-state index is -0.432. The van der Waals surface area contributed by atoms with Gasteiger partial charge in [0.15, 0.2) is 5.78 Å². The SMILES string of the molecule is CC1(C)CC(=O)C2=C(C1)N(c1ccc(Cl)cc1)C(N)=C(C#N)[C@@H]2c1cc(Br)cs1. The van der Waals surface area contributed by atoms with E-state index in [1.54, 1.807) is 12.1 Å². The van der Waals surface area contributed by atoms with E-state index in [2.05, 4.69) is 35.8 Å². The van der Waals surface area contributed by atoms with Crippen LogP contribution >= 0.6 is 38.9 Å². The average molecular weight is 489 g/mol. The lowest BCUT2D eigenvalue weighted by Gasteiger charge is -2.43. The molecule has 1 atom stereocenters. The molecule has 7 heteroatoms. The van der Waals surface area contributed by atoms with Crippen LogP contribution in [-0.4, -0.2) is 5.78 Å². The molecule has 1 aromatic heterocycles. The van der Waals surface area contributed by atoms with Crippen LogP contribution in [0.25, 0.3) is 0 Å². The highest BCUT2D eigenvalue weighted by molar-refractivity contribution is 9.10. The number of benzene rings is 1. The van der Waals surface area contributed by atoms with Crippen molar-refractivity contribution >= 4 is 50.3 Å². The molecule has 0 unspecified atom stereocenters. The Kier molecular flexibility index (Phi) is 5.10. The molecule has 1 aliphatic heterocycles. The van der Waals surface area contributed by atoms with Crippen molar-refractivity contribution in [2.24, 2.45) is 11.1 Å². The minimum Gasteiger partial charge on any atom is -0.384 e. The molecule has 4 rings (SSSR count). The topological polar surface area (TPSA) is 70.1 Å². The first-order valence-electron chi connectivity index (χ1n) is 9.17. The second kappa shape index (κ2) is 7.32. The van der Waals surface area contributed by atoms with Crippen LogP contribution in [0.3, 0.4) is 0 Å². The summed E-state index contributed by atoms with van der Waals surface area (Å²) in [5.41, 5.74) is 9.14. The van der Waals surface area contributed by atoms with Gasteiger partial charge in [-0.3, -0.25) is 9.69 Å². The highest BCUT2D eigenvalue weighted by Gasteiger charge is 2.45. The number of hydrogen-bond acceptors (Lipinski definition) is 5. The highest BCUT2D eigenvalue weighted by atomic mass is 79.9. The molecule has 0 amide bonds. The van der Waals surface area contributed by atoms with Crippen LogP contribution in [0, 0.1) is 16.7 Å². The lowest BCUT2D eigenvalue weighted by molar-refractivity contribution is -0.118. The van der Waals surface area contributed by atoms with Gasteiger partial charge in [-0.25, -0.2) is 0 Å². The molecule has 2 heterocycles. The van der Waals surface area contributed by atoms with Gasteiger partial charge in [0.1, 0.15) is 5.82 Å². The van der Waals surface area contributed by atoms with E-state index in [1.807, 2.05) is 28.5 Å². The number of nitriles is 1. The first kappa shape index (κ1) is 20.2. The van der Waals surface area contributed by atoms with Gasteiger partial charge >= 0.3 is 0 Å². The number of rotatable bonds is 2. The van der Waals surface area contributed by atoms with Gasteiger partial charge in [-0.05, 0) is 58.1 Å². The maximum absolute atomic E-state index is 13.3. The van der Waals surface area contributed by atoms with Crippen LogP contribution in [0.2, 0.25) is 5.02 Å². The fraction of sp³-hybridized carbons (Fsp3) is 0.273. The van der Waals surface area contributed by atoms with Gasteiger partial charge in [-0.1, -0.05) is 25.4 Å². The van der Waals surface area contributed by atoms with E-state index in [0.29, 0.717) is 34.8 Å². The van der Waals surface area contributed by atoms with Gasteiger partial charge < -0.3 is 5.73 Å². The molecule has 2 aromatic rings. The Morgan fingerprint density at radius 1 is 1.31 bits per heavy atom. The zero-order valence-electron chi connectivity index (χ0n) is 16.0. The monoisotopic (exact) mass is 487 g/mol. The summed E-state index contributed by atoms with van der Waals surface area (Å²) in [6.07, 6.45) is 1.14. The number of hydrogen-bond donors (Lipinski definition) is 1. The van der Waals surface area contributed by atoms with Gasteiger partial charge in [0.05, 0.1) is 17.6 Å². The third-order valence-corrected chi connectivity index (χ3v) is 7.35. The predicted molar refractivity (Wildman–Crippen MR) is 121 cm³/mol. The average Bonchev–Trinajstić information content (AvgIpc) is 3.07. The fourth-order valence-electron chi connectivity index (χ4n) is 4.16. The predicted octanol–water partition coefficient (Wildman–Crippen LogP) is 6.10. The smallest absolute Gasteiger partial charge is 0.162 e. The van der Waals surface area contributed by atoms with E-state index in [-0.39, 0.29) is 11.2 Å². The van der Waals surface area contributed by atoms with E-state index >= 15 is 0 Å². The number of halogens is 2. The Morgan fingerprint density at radius 2 is 2.00 bits per heavy atom. The standard InChI is InChI=1S/C22H19BrClN3OS/c1-22(2)8-16-20(17(28)9-22)19(18-7-12(23)11-29-18)15(10-25)21(26)27(16)14-5-3-13(24)4-6-14/h3-7,11,19H,8-9,26H2,1-2H3/t19-/m1/s1. The Morgan fingerprint density at radius 3 is 2.59 bits per heavy atom. The van der Waals surface area contributed by atoms with E-state index < -0.39 is 5.92 Å². The van der Waals surface area contributed by atoms with Crippen LogP contribution in [0.5, 0.6) is 0 Å². The second-order valence-corrected chi connectivity index (χ2v) is 10.4. The molecular formula is C22H19BrClN3OS. The van der Waals surface area contributed by atoms with Crippen molar-refractivity contribution in [3.63, 3.8) is 0 Å². The van der Waals surface area contributed by atoms with Gasteiger partial charge in [-0.2, -0.15) is 5.26 Å². The number of carbonyl (C=O) groups is 1. The Bertz CT molecular complexity index is 1110. The Balaban J connectivity index is 1.99. The zero-order chi connectivity index (χ0) is 20.9. The van der Waals surface area contributed by atoms with Crippen molar-refractivity contribution < 1.29 is 4.79 Å². The molecule has 1 aromatic carbocycles. The lowest BCUT2D eigenvalue weighted by Crippen LogP contribution is -2.42. The quantitative estimate of drug-likeness (QED) is 0.554. The molecular weight excluding hydrogens is 470 g/mol. The van der Waals surface area contributed by atoms with Crippen molar-refractivity contribution in [2.75, 3.05) is 4.90 Å². The maximum atomic E-state index is 13.3. The Labute approximate surface area is 187 Å². The molecule has 0 spiro atoms. The van der Waals surface area contributed by atoms with Crippen LogP contribution < -0.4 is 10.6 Å². The molecule has 0 fully saturated rings. The van der Waals surface area contributed by atoms with Crippen LogP contribution in [0.1, 0.15) is 37.5 Å². The molecule has 29 heavy (non-hydrogen) atoms. The summed E-state index contributed by atoms with van der Waals surface area (Å²) in [6, 6.07) is 11.6. The molecule has 0 saturated carbocycles. The summed E-state index contributed by atoms with van der Waals surface area (Å²) in [5.74, 6) is 0.0111. The zero-order valence-corrected chi connectivity index (χ0v) is 19.2. The van der Waals surface area contributed by atoms with Crippen molar-refractivity contribution in [2.45, 2.75) is 32.6 Å². The van der Waals surface area contributed by atoms with E-state index in [1.165, 1.54) is 11.3 Å². The van der Waals surface area contributed by atoms with Gasteiger partial charge in [0.25, 0.3) is 0 Å². The van der Waals surface area contributed by atoms with E-state index in [9.17, 15) is 10.1 Å². The molecule has 2 N–H and O–H groups in total. The summed E-state index contributed by atoms with van der Waals surface area (Å²) in [5, 5.41) is 12.6. The molecule has 148 valence electrons. The summed E-state index contributed by atoms with van der Waals surface area (Å²) >= 11 is 11.1. The second-order valence-electron chi connectivity index (χ2n) is 8.12. The number of carbonyl (C=O) groups excluding carboxylic acids is 1. The first-order valence-corrected chi connectivity index (χ1v) is 11.2. The van der Waals surface area contributed by atoms with Crippen molar-refractivity contribution in [3.05, 3.63) is 72.7 Å². The van der Waals surface area contributed by atoms with E-state index in [0.717, 1.165) is 20.7 Å². The molecule has 4 nitrogen and oxygen atoms in total. The number of allylic oxidation sites excluding steroid dienone is 3. The normalized spacial score (nSPS) is 21.3. The fourth-order valence-corrected chi connectivity index (χ4v) is 5.85. The van der Waals surface area contributed by atoms with Crippen molar-refractivity contribution in [1.29, 1.82) is 5.26 Å². The van der Waals surface area contributed by atoms with Crippen LogP contribution in [-0.2, 0) is 4.79 Å². The Hall–Kier alpha value is -2.07. The molecule has 0 saturated heterocycles. The molecule has 0 radical (unpaired) electrons. The minimum absolute atomic E-state index is 0.0741. The third-order valence-electron chi connectivity index (χ3n) is 5.34. The molecule has 0 bridgehead atoms. The number of anilines is 1. The van der Waals surface area contributed by atoms with E-state index in [4.69, 9.17) is 17.3 Å².